The quantitative estimate of drug-likeness (QED) is 0.166. The Labute approximate surface area is 301 Å². The second kappa shape index (κ2) is 12.4. The Hall–Kier alpha value is -7.04. The molecule has 0 atom stereocenters. The molecule has 0 unspecified atom stereocenters. The fraction of sp³-hybridized carbons (Fsp3) is 0. The molecule has 0 radical (unpaired) electrons. The summed E-state index contributed by atoms with van der Waals surface area (Å²) in [5, 5.41) is 7.65. The number of hydrogen-bond donors (Lipinski definition) is 0. The highest BCUT2D eigenvalue weighted by molar-refractivity contribution is 6.28. The lowest BCUT2D eigenvalue weighted by Crippen LogP contribution is -1.92. The molecule has 0 amide bonds. The molecule has 4 heteroatoms. The molecule has 10 aromatic rings. The van der Waals surface area contributed by atoms with Gasteiger partial charge in [0.05, 0.1) is 22.8 Å². The van der Waals surface area contributed by atoms with E-state index >= 15 is 0 Å². The molecule has 0 saturated heterocycles. The fourth-order valence-corrected chi connectivity index (χ4v) is 7.45. The van der Waals surface area contributed by atoms with Crippen LogP contribution in [0.2, 0.25) is 0 Å². The van der Waals surface area contributed by atoms with Gasteiger partial charge >= 0.3 is 0 Å². The zero-order chi connectivity index (χ0) is 34.4. The fourth-order valence-electron chi connectivity index (χ4n) is 7.45. The Morgan fingerprint density at radius 2 is 0.731 bits per heavy atom. The van der Waals surface area contributed by atoms with Crippen molar-refractivity contribution in [3.05, 3.63) is 183 Å². The molecule has 0 bridgehead atoms. The summed E-state index contributed by atoms with van der Waals surface area (Å²) in [5.74, 6) is 0. The lowest BCUT2D eigenvalue weighted by molar-refractivity contribution is 1.25. The predicted octanol–water partition coefficient (Wildman–Crippen LogP) is 12.2. The molecular weight excluding hydrogens is 633 g/mol. The summed E-state index contributed by atoms with van der Waals surface area (Å²) in [6.07, 6.45) is 7.46. The van der Waals surface area contributed by atoms with Crippen molar-refractivity contribution in [1.82, 2.24) is 19.9 Å². The molecule has 0 aliphatic heterocycles. The molecule has 6 aromatic carbocycles. The second-order valence-electron chi connectivity index (χ2n) is 13.1. The van der Waals surface area contributed by atoms with Crippen LogP contribution >= 0.6 is 0 Å². The van der Waals surface area contributed by atoms with E-state index in [1.54, 1.807) is 12.4 Å². The molecule has 242 valence electrons. The van der Waals surface area contributed by atoms with Crippen LogP contribution in [0.3, 0.4) is 0 Å². The van der Waals surface area contributed by atoms with Crippen molar-refractivity contribution in [3.63, 3.8) is 0 Å². The van der Waals surface area contributed by atoms with E-state index in [-0.39, 0.29) is 0 Å². The summed E-state index contributed by atoms with van der Waals surface area (Å²) < 4.78 is 0. The van der Waals surface area contributed by atoms with Crippen LogP contribution in [-0.4, -0.2) is 19.9 Å². The molecule has 0 aliphatic rings. The molecular formula is C48H30N4. The monoisotopic (exact) mass is 662 g/mol. The third-order valence-corrected chi connectivity index (χ3v) is 10.1. The molecule has 4 heterocycles. The summed E-state index contributed by atoms with van der Waals surface area (Å²) in [7, 11) is 0. The minimum Gasteiger partial charge on any atom is -0.255 e. The van der Waals surface area contributed by atoms with E-state index in [4.69, 9.17) is 9.97 Å². The molecule has 0 aliphatic carbocycles. The van der Waals surface area contributed by atoms with Crippen molar-refractivity contribution in [2.75, 3.05) is 0 Å². The highest BCUT2D eigenvalue weighted by Gasteiger charge is 2.17. The Morgan fingerprint density at radius 3 is 1.15 bits per heavy atom. The van der Waals surface area contributed by atoms with Gasteiger partial charge in [-0.15, -0.1) is 0 Å². The SMILES string of the molecule is c1ccc(-c2ccc(-c3ccc(-c4cc(-c5ccc(-c6ccc(-c7ccccn7)nc6)cc5)c5ccc6cccc7ccc4c5c76)cc3)cn2)nc1. The van der Waals surface area contributed by atoms with Gasteiger partial charge in [-0.3, -0.25) is 19.9 Å². The zero-order valence-corrected chi connectivity index (χ0v) is 28.1. The molecule has 0 fully saturated rings. The molecule has 0 N–H and O–H groups in total. The van der Waals surface area contributed by atoms with Gasteiger partial charge in [0.1, 0.15) is 0 Å². The van der Waals surface area contributed by atoms with E-state index in [1.165, 1.54) is 54.6 Å². The number of rotatable bonds is 6. The number of benzene rings is 6. The lowest BCUT2D eigenvalue weighted by atomic mass is 9.85. The molecule has 4 nitrogen and oxygen atoms in total. The molecule has 4 aromatic heterocycles. The predicted molar refractivity (Wildman–Crippen MR) is 214 cm³/mol. The summed E-state index contributed by atoms with van der Waals surface area (Å²) in [4.78, 5) is 18.3. The van der Waals surface area contributed by atoms with Crippen LogP contribution in [0.15, 0.2) is 183 Å². The van der Waals surface area contributed by atoms with Crippen molar-refractivity contribution in [3.8, 4) is 67.3 Å². The maximum atomic E-state index is 4.71. The van der Waals surface area contributed by atoms with E-state index in [0.29, 0.717) is 0 Å². The zero-order valence-electron chi connectivity index (χ0n) is 28.1. The van der Waals surface area contributed by atoms with Crippen LogP contribution in [0, 0.1) is 0 Å². The van der Waals surface area contributed by atoms with E-state index in [9.17, 15) is 0 Å². The number of aromatic nitrogens is 4. The van der Waals surface area contributed by atoms with Gasteiger partial charge in [-0.25, -0.2) is 0 Å². The first-order valence-corrected chi connectivity index (χ1v) is 17.4. The molecule has 0 spiro atoms. The standard InChI is InChI=1S/C48H30N4/c1-3-26-49-43(8-1)45-24-20-37(29-51-45)31-10-14-33(15-11-31)41-28-42(40-23-19-36-7-5-6-35-18-22-39(41)48(40)47(35)36)34-16-12-32(13-17-34)38-21-25-46(52-30-38)44-9-2-4-27-50-44/h1-30H. The maximum absolute atomic E-state index is 4.71. The summed E-state index contributed by atoms with van der Waals surface area (Å²) in [6, 6.07) is 55.9. The first-order chi connectivity index (χ1) is 25.8. The van der Waals surface area contributed by atoms with E-state index in [0.717, 1.165) is 45.0 Å². The molecule has 52 heavy (non-hydrogen) atoms. The van der Waals surface area contributed by atoms with Crippen molar-refractivity contribution in [2.45, 2.75) is 0 Å². The highest BCUT2D eigenvalue weighted by atomic mass is 14.8. The number of hydrogen-bond acceptors (Lipinski definition) is 4. The minimum absolute atomic E-state index is 0.866. The maximum Gasteiger partial charge on any atom is 0.0886 e. The summed E-state index contributed by atoms with van der Waals surface area (Å²) >= 11 is 0. The first kappa shape index (κ1) is 29.8. The van der Waals surface area contributed by atoms with Crippen LogP contribution in [0.1, 0.15) is 0 Å². The van der Waals surface area contributed by atoms with Gasteiger partial charge in [0, 0.05) is 35.9 Å². The third-order valence-electron chi connectivity index (χ3n) is 10.1. The van der Waals surface area contributed by atoms with Crippen LogP contribution < -0.4 is 0 Å². The van der Waals surface area contributed by atoms with Crippen LogP contribution in [0.25, 0.3) is 99.6 Å². The van der Waals surface area contributed by atoms with Gasteiger partial charge in [-0.2, -0.15) is 0 Å². The topological polar surface area (TPSA) is 51.6 Å². The normalized spacial score (nSPS) is 11.5. The second-order valence-corrected chi connectivity index (χ2v) is 13.1. The van der Waals surface area contributed by atoms with Gasteiger partial charge in [-0.05, 0) is 108 Å². The van der Waals surface area contributed by atoms with Crippen molar-refractivity contribution >= 4 is 32.3 Å². The third kappa shape index (κ3) is 5.17. The van der Waals surface area contributed by atoms with Gasteiger partial charge < -0.3 is 0 Å². The average Bonchev–Trinajstić information content (AvgIpc) is 3.23. The summed E-state index contributed by atoms with van der Waals surface area (Å²) in [6.45, 7) is 0. The van der Waals surface area contributed by atoms with Crippen LogP contribution in [0.4, 0.5) is 0 Å². The van der Waals surface area contributed by atoms with Gasteiger partial charge in [-0.1, -0.05) is 115 Å². The Kier molecular flexibility index (Phi) is 7.10. The van der Waals surface area contributed by atoms with Gasteiger partial charge in [0.15, 0.2) is 0 Å². The first-order valence-electron chi connectivity index (χ1n) is 17.4. The number of nitrogens with zero attached hydrogens (tertiary/aromatic N) is 4. The Bertz CT molecular complexity index is 2640. The smallest absolute Gasteiger partial charge is 0.0886 e. The average molecular weight is 663 g/mol. The Balaban J connectivity index is 1.05. The molecule has 0 saturated carbocycles. The van der Waals surface area contributed by atoms with Crippen LogP contribution in [0.5, 0.6) is 0 Å². The highest BCUT2D eigenvalue weighted by Crippen LogP contribution is 2.44. The van der Waals surface area contributed by atoms with Gasteiger partial charge in [0.2, 0.25) is 0 Å². The van der Waals surface area contributed by atoms with Crippen LogP contribution in [-0.2, 0) is 0 Å². The van der Waals surface area contributed by atoms with Crippen molar-refractivity contribution < 1.29 is 0 Å². The minimum atomic E-state index is 0.866. The van der Waals surface area contributed by atoms with Crippen molar-refractivity contribution in [1.29, 1.82) is 0 Å². The largest absolute Gasteiger partial charge is 0.255 e. The molecule has 10 rings (SSSR count). The van der Waals surface area contributed by atoms with Crippen molar-refractivity contribution in [2.24, 2.45) is 0 Å². The Morgan fingerprint density at radius 1 is 0.288 bits per heavy atom. The summed E-state index contributed by atoms with van der Waals surface area (Å²) in [5.41, 5.74) is 12.7. The lowest BCUT2D eigenvalue weighted by Gasteiger charge is -2.18. The van der Waals surface area contributed by atoms with E-state index in [1.807, 2.05) is 60.9 Å². The number of pyridine rings is 4. The van der Waals surface area contributed by atoms with E-state index < -0.39 is 0 Å². The van der Waals surface area contributed by atoms with E-state index in [2.05, 4.69) is 119 Å². The van der Waals surface area contributed by atoms with Gasteiger partial charge in [0.25, 0.3) is 0 Å².